The van der Waals surface area contributed by atoms with Crippen molar-refractivity contribution < 1.29 is 17.6 Å². The summed E-state index contributed by atoms with van der Waals surface area (Å²) < 4.78 is 41.4. The Labute approximate surface area is 184 Å². The lowest BCUT2D eigenvalue weighted by Crippen LogP contribution is -2.31. The third kappa shape index (κ3) is 5.25. The van der Waals surface area contributed by atoms with Crippen LogP contribution in [0.2, 0.25) is 0 Å². The van der Waals surface area contributed by atoms with E-state index >= 15 is 0 Å². The first-order valence-corrected chi connectivity index (χ1v) is 12.3. The fraction of sp³-hybridized carbons (Fsp3) is 0.435. The van der Waals surface area contributed by atoms with Crippen LogP contribution in [0.1, 0.15) is 49.9 Å². The van der Waals surface area contributed by atoms with Crippen LogP contribution in [-0.2, 0) is 10.0 Å². The van der Waals surface area contributed by atoms with Crippen LogP contribution in [0, 0.1) is 5.82 Å². The molecule has 0 aliphatic carbocycles. The van der Waals surface area contributed by atoms with Crippen LogP contribution >= 0.6 is 0 Å². The number of sulfonamides is 1. The first-order valence-electron chi connectivity index (χ1n) is 10.8. The first kappa shape index (κ1) is 23.2. The summed E-state index contributed by atoms with van der Waals surface area (Å²) in [5, 5.41) is 2.79. The SMILES string of the molecule is CCN(CC)S(=O)(=O)c1ccc(F)c(C(=O)Nc2ccccc2N2CCCCCC2)c1. The quantitative estimate of drug-likeness (QED) is 0.679. The van der Waals surface area contributed by atoms with Crippen molar-refractivity contribution in [1.29, 1.82) is 0 Å². The summed E-state index contributed by atoms with van der Waals surface area (Å²) in [6.45, 7) is 5.86. The second-order valence-electron chi connectivity index (χ2n) is 7.60. The second-order valence-corrected chi connectivity index (χ2v) is 9.54. The molecule has 6 nitrogen and oxygen atoms in total. The van der Waals surface area contributed by atoms with Crippen LogP contribution in [0.3, 0.4) is 0 Å². The molecule has 2 aromatic rings. The minimum Gasteiger partial charge on any atom is -0.370 e. The van der Waals surface area contributed by atoms with E-state index in [0.29, 0.717) is 18.8 Å². The molecule has 8 heteroatoms. The van der Waals surface area contributed by atoms with Gasteiger partial charge in [0.2, 0.25) is 10.0 Å². The molecule has 0 radical (unpaired) electrons. The molecule has 1 fully saturated rings. The van der Waals surface area contributed by atoms with Crippen LogP contribution in [0.4, 0.5) is 15.8 Å². The normalized spacial score (nSPS) is 15.0. The Morgan fingerprint density at radius 1 is 1.03 bits per heavy atom. The number of nitrogens with zero attached hydrogens (tertiary/aromatic N) is 2. The van der Waals surface area contributed by atoms with Gasteiger partial charge in [-0.1, -0.05) is 38.8 Å². The number of benzene rings is 2. The summed E-state index contributed by atoms with van der Waals surface area (Å²) in [5.41, 5.74) is 1.19. The molecule has 3 rings (SSSR count). The molecule has 1 N–H and O–H groups in total. The zero-order valence-electron chi connectivity index (χ0n) is 18.1. The second kappa shape index (κ2) is 10.2. The van der Waals surface area contributed by atoms with Crippen molar-refractivity contribution in [3.8, 4) is 0 Å². The van der Waals surface area contributed by atoms with E-state index in [9.17, 15) is 17.6 Å². The van der Waals surface area contributed by atoms with Crippen molar-refractivity contribution >= 4 is 27.3 Å². The van der Waals surface area contributed by atoms with E-state index in [0.717, 1.165) is 43.8 Å². The summed E-state index contributed by atoms with van der Waals surface area (Å²) in [6, 6.07) is 10.8. The van der Waals surface area contributed by atoms with E-state index in [-0.39, 0.29) is 10.5 Å². The van der Waals surface area contributed by atoms with Gasteiger partial charge in [-0.15, -0.1) is 0 Å². The highest BCUT2D eigenvalue weighted by Gasteiger charge is 2.25. The molecule has 0 bridgehead atoms. The van der Waals surface area contributed by atoms with Crippen molar-refractivity contribution in [1.82, 2.24) is 4.31 Å². The number of hydrogen-bond donors (Lipinski definition) is 1. The number of hydrogen-bond acceptors (Lipinski definition) is 4. The van der Waals surface area contributed by atoms with Gasteiger partial charge >= 0.3 is 0 Å². The molecule has 2 aromatic carbocycles. The highest BCUT2D eigenvalue weighted by molar-refractivity contribution is 7.89. The molecule has 0 aromatic heterocycles. The van der Waals surface area contributed by atoms with Crippen LogP contribution in [-0.4, -0.2) is 44.8 Å². The lowest BCUT2D eigenvalue weighted by Gasteiger charge is -2.25. The van der Waals surface area contributed by atoms with Gasteiger partial charge in [0.05, 0.1) is 21.8 Å². The molecule has 0 atom stereocenters. The van der Waals surface area contributed by atoms with Crippen molar-refractivity contribution in [3.05, 3.63) is 53.8 Å². The van der Waals surface area contributed by atoms with Gasteiger partial charge in [-0.3, -0.25) is 4.79 Å². The minimum atomic E-state index is -3.80. The number of amides is 1. The molecule has 1 saturated heterocycles. The summed E-state index contributed by atoms with van der Waals surface area (Å²) in [7, 11) is -3.80. The van der Waals surface area contributed by atoms with Crippen molar-refractivity contribution in [2.75, 3.05) is 36.4 Å². The number of nitrogens with one attached hydrogen (secondary N) is 1. The maximum atomic E-state index is 14.5. The summed E-state index contributed by atoms with van der Waals surface area (Å²) in [4.78, 5) is 15.1. The van der Waals surface area contributed by atoms with Crippen LogP contribution in [0.25, 0.3) is 0 Å². The van der Waals surface area contributed by atoms with Crippen LogP contribution in [0.5, 0.6) is 0 Å². The van der Waals surface area contributed by atoms with Gasteiger partial charge in [-0.2, -0.15) is 4.31 Å². The maximum Gasteiger partial charge on any atom is 0.258 e. The van der Waals surface area contributed by atoms with Crippen molar-refractivity contribution in [2.24, 2.45) is 0 Å². The number of carbonyl (C=O) groups excluding carboxylic acids is 1. The van der Waals surface area contributed by atoms with Gasteiger partial charge in [0, 0.05) is 26.2 Å². The number of rotatable bonds is 7. The summed E-state index contributed by atoms with van der Waals surface area (Å²) >= 11 is 0. The largest absolute Gasteiger partial charge is 0.370 e. The van der Waals surface area contributed by atoms with Gasteiger partial charge in [0.15, 0.2) is 0 Å². The fourth-order valence-electron chi connectivity index (χ4n) is 3.91. The Morgan fingerprint density at radius 2 is 1.68 bits per heavy atom. The lowest BCUT2D eigenvalue weighted by atomic mass is 10.1. The molecular formula is C23H30FN3O3S. The molecule has 1 aliphatic rings. The van der Waals surface area contributed by atoms with Gasteiger partial charge in [0.1, 0.15) is 5.82 Å². The monoisotopic (exact) mass is 447 g/mol. The fourth-order valence-corrected chi connectivity index (χ4v) is 5.39. The van der Waals surface area contributed by atoms with E-state index in [1.165, 1.54) is 23.2 Å². The lowest BCUT2D eigenvalue weighted by molar-refractivity contribution is 0.102. The number of para-hydroxylation sites is 2. The van der Waals surface area contributed by atoms with Crippen molar-refractivity contribution in [2.45, 2.75) is 44.4 Å². The Morgan fingerprint density at radius 3 is 2.32 bits per heavy atom. The standard InChI is InChI=1S/C23H30FN3O3S/c1-3-27(4-2)31(29,30)18-13-14-20(24)19(17-18)23(28)25-21-11-7-8-12-22(21)26-15-9-5-6-10-16-26/h7-8,11-14,17H,3-6,9-10,15-16H2,1-2H3,(H,25,28). The molecule has 168 valence electrons. The molecule has 0 unspecified atom stereocenters. The number of carbonyl (C=O) groups is 1. The predicted octanol–water partition coefficient (Wildman–Crippen LogP) is 4.49. The maximum absolute atomic E-state index is 14.5. The molecule has 1 amide bonds. The van der Waals surface area contributed by atoms with Gasteiger partial charge in [-0.25, -0.2) is 12.8 Å². The number of halogens is 1. The Hall–Kier alpha value is -2.45. The number of anilines is 2. The minimum absolute atomic E-state index is 0.0939. The molecule has 0 spiro atoms. The Kier molecular flexibility index (Phi) is 7.67. The summed E-state index contributed by atoms with van der Waals surface area (Å²) in [6.07, 6.45) is 4.54. The molecular weight excluding hydrogens is 417 g/mol. The highest BCUT2D eigenvalue weighted by Crippen LogP contribution is 2.29. The van der Waals surface area contributed by atoms with Crippen LogP contribution in [0.15, 0.2) is 47.4 Å². The van der Waals surface area contributed by atoms with E-state index in [1.54, 1.807) is 19.9 Å². The zero-order chi connectivity index (χ0) is 22.4. The Bertz CT molecular complexity index is 1010. The topological polar surface area (TPSA) is 69.7 Å². The predicted molar refractivity (Wildman–Crippen MR) is 122 cm³/mol. The smallest absolute Gasteiger partial charge is 0.258 e. The van der Waals surface area contributed by atoms with E-state index in [4.69, 9.17) is 0 Å². The highest BCUT2D eigenvalue weighted by atomic mass is 32.2. The summed E-state index contributed by atoms with van der Waals surface area (Å²) in [5.74, 6) is -1.43. The molecule has 0 saturated carbocycles. The van der Waals surface area contributed by atoms with E-state index < -0.39 is 21.7 Å². The first-order chi connectivity index (χ1) is 14.9. The average molecular weight is 448 g/mol. The van der Waals surface area contributed by atoms with Crippen molar-refractivity contribution in [3.63, 3.8) is 0 Å². The molecule has 1 heterocycles. The van der Waals surface area contributed by atoms with Crippen LogP contribution < -0.4 is 10.2 Å². The molecule has 31 heavy (non-hydrogen) atoms. The third-order valence-corrected chi connectivity index (χ3v) is 7.67. The average Bonchev–Trinajstić information content (AvgIpc) is 3.04. The van der Waals surface area contributed by atoms with Gasteiger partial charge in [-0.05, 0) is 43.2 Å². The van der Waals surface area contributed by atoms with Gasteiger partial charge < -0.3 is 10.2 Å². The molecule has 1 aliphatic heterocycles. The Balaban J connectivity index is 1.90. The van der Waals surface area contributed by atoms with E-state index in [2.05, 4.69) is 10.2 Å². The van der Waals surface area contributed by atoms with Gasteiger partial charge in [0.25, 0.3) is 5.91 Å². The third-order valence-electron chi connectivity index (χ3n) is 5.62. The zero-order valence-corrected chi connectivity index (χ0v) is 18.9. The van der Waals surface area contributed by atoms with E-state index in [1.807, 2.05) is 18.2 Å².